The zero-order valence-electron chi connectivity index (χ0n) is 13.7. The lowest BCUT2D eigenvalue weighted by Crippen LogP contribution is -2.72. The van der Waals surface area contributed by atoms with Gasteiger partial charge in [-0.05, 0) is 20.8 Å². The van der Waals surface area contributed by atoms with E-state index < -0.39 is 0 Å². The molecule has 2 heterocycles. The first-order valence-corrected chi connectivity index (χ1v) is 7.13. The highest BCUT2D eigenvalue weighted by Gasteiger charge is 2.53. The maximum absolute atomic E-state index is 4.97. The molecule has 0 spiro atoms. The summed E-state index contributed by atoms with van der Waals surface area (Å²) in [6, 6.07) is 0. The van der Waals surface area contributed by atoms with Crippen molar-refractivity contribution in [1.29, 1.82) is 0 Å². The van der Waals surface area contributed by atoms with Crippen LogP contribution in [0.2, 0.25) is 0 Å². The fourth-order valence-electron chi connectivity index (χ4n) is 2.35. The van der Waals surface area contributed by atoms with Crippen LogP contribution in [-0.4, -0.2) is 39.6 Å². The van der Waals surface area contributed by atoms with Crippen LogP contribution in [-0.2, 0) is 6.54 Å². The van der Waals surface area contributed by atoms with Crippen LogP contribution in [0, 0.1) is 12.3 Å². The standard InChI is InChI=1S/C14H25N5O.HI/c1-7-15-12(16-8-11-17-10(2)20-18-11)19-9-13(3,4)14(19,5)6;/h7-9H2,1-6H3,(H,15,16);1H. The molecule has 0 amide bonds. The molecule has 1 aliphatic rings. The molecule has 1 aromatic rings. The first-order chi connectivity index (χ1) is 9.28. The molecule has 1 aromatic heterocycles. The number of aliphatic imine (C=N–C) groups is 1. The highest BCUT2D eigenvalue weighted by Crippen LogP contribution is 2.46. The molecular formula is C14H26IN5O. The number of likely N-dealkylation sites (tertiary alicyclic amines) is 1. The molecule has 1 aliphatic heterocycles. The molecular weight excluding hydrogens is 381 g/mol. The van der Waals surface area contributed by atoms with Crippen molar-refractivity contribution >= 4 is 29.9 Å². The minimum Gasteiger partial charge on any atom is -0.356 e. The Kier molecular flexibility index (Phi) is 5.63. The van der Waals surface area contributed by atoms with Gasteiger partial charge in [0, 0.05) is 31.0 Å². The van der Waals surface area contributed by atoms with Crippen molar-refractivity contribution in [2.24, 2.45) is 10.4 Å². The summed E-state index contributed by atoms with van der Waals surface area (Å²) in [5.41, 5.74) is 0.368. The van der Waals surface area contributed by atoms with Gasteiger partial charge >= 0.3 is 0 Å². The van der Waals surface area contributed by atoms with Crippen molar-refractivity contribution in [3.05, 3.63) is 11.7 Å². The number of rotatable bonds is 3. The number of aryl methyl sites for hydroxylation is 1. The molecule has 0 aromatic carbocycles. The lowest BCUT2D eigenvalue weighted by molar-refractivity contribution is -0.0668. The summed E-state index contributed by atoms with van der Waals surface area (Å²) in [4.78, 5) is 11.1. The lowest BCUT2D eigenvalue weighted by atomic mass is 9.65. The van der Waals surface area contributed by atoms with E-state index in [9.17, 15) is 0 Å². The third kappa shape index (κ3) is 3.49. The van der Waals surface area contributed by atoms with E-state index in [2.05, 4.69) is 60.0 Å². The molecule has 0 bridgehead atoms. The quantitative estimate of drug-likeness (QED) is 0.474. The van der Waals surface area contributed by atoms with Crippen molar-refractivity contribution in [2.75, 3.05) is 13.1 Å². The second kappa shape index (κ2) is 6.50. The predicted octanol–water partition coefficient (Wildman–Crippen LogP) is 2.58. The van der Waals surface area contributed by atoms with Crippen LogP contribution in [0.5, 0.6) is 0 Å². The summed E-state index contributed by atoms with van der Waals surface area (Å²) in [5.74, 6) is 2.11. The fraction of sp³-hybridized carbons (Fsp3) is 0.786. The molecule has 0 atom stereocenters. The van der Waals surface area contributed by atoms with Gasteiger partial charge in [-0.2, -0.15) is 4.98 Å². The van der Waals surface area contributed by atoms with E-state index in [0.29, 0.717) is 18.3 Å². The van der Waals surface area contributed by atoms with Gasteiger partial charge < -0.3 is 14.7 Å². The Labute approximate surface area is 143 Å². The third-order valence-corrected chi connectivity index (χ3v) is 4.41. The van der Waals surface area contributed by atoms with Crippen molar-refractivity contribution in [2.45, 2.75) is 53.6 Å². The Morgan fingerprint density at radius 3 is 2.48 bits per heavy atom. The number of halogens is 1. The highest BCUT2D eigenvalue weighted by molar-refractivity contribution is 14.0. The van der Waals surface area contributed by atoms with E-state index in [4.69, 9.17) is 4.52 Å². The van der Waals surface area contributed by atoms with Gasteiger partial charge in [0.05, 0.1) is 0 Å². The summed E-state index contributed by atoms with van der Waals surface area (Å²) in [5, 5.41) is 7.22. The van der Waals surface area contributed by atoms with Crippen LogP contribution >= 0.6 is 24.0 Å². The number of guanidine groups is 1. The molecule has 1 N–H and O–H groups in total. The molecule has 0 unspecified atom stereocenters. The number of hydrogen-bond donors (Lipinski definition) is 1. The van der Waals surface area contributed by atoms with Crippen molar-refractivity contribution in [3.63, 3.8) is 0 Å². The summed E-state index contributed by atoms with van der Waals surface area (Å²) < 4.78 is 4.97. The topological polar surface area (TPSA) is 66.5 Å². The Hall–Kier alpha value is -0.860. The zero-order chi connectivity index (χ0) is 15.0. The minimum absolute atomic E-state index is 0. The first-order valence-electron chi connectivity index (χ1n) is 7.13. The summed E-state index contributed by atoms with van der Waals surface area (Å²) >= 11 is 0. The molecule has 1 fully saturated rings. The second-order valence-corrected chi connectivity index (χ2v) is 6.43. The van der Waals surface area contributed by atoms with Gasteiger partial charge in [0.15, 0.2) is 11.8 Å². The van der Waals surface area contributed by atoms with Crippen LogP contribution in [0.1, 0.15) is 46.3 Å². The van der Waals surface area contributed by atoms with Gasteiger partial charge in [-0.3, -0.25) is 0 Å². The van der Waals surface area contributed by atoms with Crippen LogP contribution in [0.3, 0.4) is 0 Å². The van der Waals surface area contributed by atoms with Gasteiger partial charge in [-0.25, -0.2) is 4.99 Å². The average Bonchev–Trinajstić information content (AvgIpc) is 2.78. The molecule has 1 saturated heterocycles. The molecule has 7 heteroatoms. The predicted molar refractivity (Wildman–Crippen MR) is 93.8 cm³/mol. The fourth-order valence-corrected chi connectivity index (χ4v) is 2.35. The monoisotopic (exact) mass is 407 g/mol. The largest absolute Gasteiger partial charge is 0.356 e. The van der Waals surface area contributed by atoms with E-state index in [-0.39, 0.29) is 34.9 Å². The highest BCUT2D eigenvalue weighted by atomic mass is 127. The van der Waals surface area contributed by atoms with E-state index in [1.807, 2.05) is 0 Å². The van der Waals surface area contributed by atoms with Crippen molar-refractivity contribution in [1.82, 2.24) is 20.4 Å². The summed E-state index contributed by atoms with van der Waals surface area (Å²) in [6.45, 7) is 15.2. The van der Waals surface area contributed by atoms with E-state index in [1.54, 1.807) is 6.92 Å². The molecule has 6 nitrogen and oxygen atoms in total. The Morgan fingerprint density at radius 1 is 1.38 bits per heavy atom. The third-order valence-electron chi connectivity index (χ3n) is 4.41. The number of nitrogens with one attached hydrogen (secondary N) is 1. The molecule has 21 heavy (non-hydrogen) atoms. The summed E-state index contributed by atoms with van der Waals surface area (Å²) in [7, 11) is 0. The molecule has 0 aliphatic carbocycles. The first kappa shape index (κ1) is 18.2. The van der Waals surface area contributed by atoms with E-state index >= 15 is 0 Å². The zero-order valence-corrected chi connectivity index (χ0v) is 16.1. The van der Waals surface area contributed by atoms with Crippen LogP contribution in [0.25, 0.3) is 0 Å². The Bertz CT molecular complexity index is 509. The molecule has 2 rings (SSSR count). The van der Waals surface area contributed by atoms with Crippen LogP contribution in [0.4, 0.5) is 0 Å². The Morgan fingerprint density at radius 2 is 2.05 bits per heavy atom. The Balaban J connectivity index is 0.00000220. The van der Waals surface area contributed by atoms with Crippen LogP contribution < -0.4 is 5.32 Å². The number of nitrogens with zero attached hydrogens (tertiary/aromatic N) is 4. The molecule has 0 radical (unpaired) electrons. The van der Waals surface area contributed by atoms with E-state index in [0.717, 1.165) is 19.0 Å². The average molecular weight is 407 g/mol. The minimum atomic E-state index is 0. The normalized spacial score (nSPS) is 19.7. The number of hydrogen-bond acceptors (Lipinski definition) is 4. The maximum atomic E-state index is 4.97. The summed E-state index contributed by atoms with van der Waals surface area (Å²) in [6.07, 6.45) is 0. The molecule has 120 valence electrons. The maximum Gasteiger partial charge on any atom is 0.223 e. The number of aromatic nitrogens is 2. The molecule has 0 saturated carbocycles. The van der Waals surface area contributed by atoms with Crippen LogP contribution in [0.15, 0.2) is 9.52 Å². The van der Waals surface area contributed by atoms with Gasteiger partial charge in [0.1, 0.15) is 6.54 Å². The van der Waals surface area contributed by atoms with Gasteiger partial charge in [-0.15, -0.1) is 24.0 Å². The van der Waals surface area contributed by atoms with Gasteiger partial charge in [0.25, 0.3) is 0 Å². The van der Waals surface area contributed by atoms with Gasteiger partial charge in [0.2, 0.25) is 5.89 Å². The SMILES string of the molecule is CCNC(=NCc1noc(C)n1)N1CC(C)(C)C1(C)C.I. The van der Waals surface area contributed by atoms with Gasteiger partial charge in [-0.1, -0.05) is 19.0 Å². The van der Waals surface area contributed by atoms with E-state index in [1.165, 1.54) is 0 Å². The van der Waals surface area contributed by atoms with Crippen molar-refractivity contribution < 1.29 is 4.52 Å². The second-order valence-electron chi connectivity index (χ2n) is 6.43. The smallest absolute Gasteiger partial charge is 0.223 e. The van der Waals surface area contributed by atoms with Crippen molar-refractivity contribution in [3.8, 4) is 0 Å². The lowest BCUT2D eigenvalue weighted by Gasteiger charge is -2.62.